The number of carbonyl (C=O) groups is 3. The van der Waals surface area contributed by atoms with Gasteiger partial charge in [0.15, 0.2) is 0 Å². The molecule has 4 fully saturated rings. The molecule has 0 unspecified atom stereocenters. The molecule has 3 saturated heterocycles. The monoisotopic (exact) mass is 1020 g/mol. The van der Waals surface area contributed by atoms with Crippen LogP contribution in [0.15, 0.2) is 60.2 Å². The summed E-state index contributed by atoms with van der Waals surface area (Å²) in [5, 5.41) is 8.18. The number of hydrogen-bond acceptors (Lipinski definition) is 15. The van der Waals surface area contributed by atoms with Crippen molar-refractivity contribution < 1.29 is 38.1 Å². The Morgan fingerprint density at radius 2 is 1.85 bits per heavy atom. The Kier molecular flexibility index (Phi) is 15.6. The summed E-state index contributed by atoms with van der Waals surface area (Å²) in [6.07, 6.45) is 6.50. The minimum absolute atomic E-state index is 0.0501. The number of carbonyl (C=O) groups excluding carboxylic acids is 3. The molecular weight excluding hydrogens is 947 g/mol. The third-order valence-electron chi connectivity index (χ3n) is 15.2. The fourth-order valence-corrected chi connectivity index (χ4v) is 11.8. The van der Waals surface area contributed by atoms with Gasteiger partial charge in [-0.3, -0.25) is 29.4 Å². The first-order valence-electron chi connectivity index (χ1n) is 26.2. The average Bonchev–Trinajstić information content (AvgIpc) is 3.98. The lowest BCUT2D eigenvalue weighted by molar-refractivity contribution is -0.156. The number of esters is 1. The van der Waals surface area contributed by atoms with Gasteiger partial charge in [-0.15, -0.1) is 11.3 Å². The lowest BCUT2D eigenvalue weighted by Gasteiger charge is -2.37. The summed E-state index contributed by atoms with van der Waals surface area (Å²) >= 11 is 1.40. The molecule has 4 aromatic heterocycles. The van der Waals surface area contributed by atoms with Gasteiger partial charge in [0.25, 0.3) is 5.91 Å². The molecule has 6 atom stereocenters. The molecule has 6 bridgehead atoms. The topological polar surface area (TPSA) is 175 Å². The summed E-state index contributed by atoms with van der Waals surface area (Å²) in [5.41, 5.74) is 11.1. The number of methoxy groups -OCH3 is 1. The van der Waals surface area contributed by atoms with Crippen LogP contribution in [0.5, 0.6) is 0 Å². The van der Waals surface area contributed by atoms with E-state index in [1.54, 1.807) is 13.3 Å². The first-order chi connectivity index (χ1) is 35.4. The van der Waals surface area contributed by atoms with E-state index in [4.69, 9.17) is 33.7 Å². The molecule has 2 N–H and O–H groups in total. The third kappa shape index (κ3) is 11.2. The number of likely N-dealkylation sites (N-methyl/N-ethyl adjacent to an activating group) is 1. The van der Waals surface area contributed by atoms with Crippen molar-refractivity contribution in [2.75, 3.05) is 84.8 Å². The lowest BCUT2D eigenvalue weighted by atomic mass is 9.84. The molecule has 5 aliphatic rings. The fraction of sp³-hybridized carbons (Fsp3) is 0.564. The van der Waals surface area contributed by atoms with Gasteiger partial charge < -0.3 is 43.4 Å². The second kappa shape index (κ2) is 22.2. The Morgan fingerprint density at radius 1 is 1.03 bits per heavy atom. The largest absolute Gasteiger partial charge is 0.464 e. The highest BCUT2D eigenvalue weighted by Crippen LogP contribution is 2.47. The van der Waals surface area contributed by atoms with E-state index >= 15 is 0 Å². The molecule has 0 radical (unpaired) electrons. The van der Waals surface area contributed by atoms with Gasteiger partial charge in [0.1, 0.15) is 23.2 Å². The predicted molar refractivity (Wildman–Crippen MR) is 279 cm³/mol. The van der Waals surface area contributed by atoms with Gasteiger partial charge in [-0.1, -0.05) is 26.0 Å². The van der Waals surface area contributed by atoms with E-state index in [1.165, 1.54) is 16.3 Å². The molecule has 390 valence electrons. The molecule has 1 aromatic carbocycles. The number of thiazole rings is 1. The second-order valence-electron chi connectivity index (χ2n) is 21.1. The highest BCUT2D eigenvalue weighted by atomic mass is 32.1. The van der Waals surface area contributed by atoms with Gasteiger partial charge in [0, 0.05) is 123 Å². The van der Waals surface area contributed by atoms with E-state index in [-0.39, 0.29) is 43.2 Å². The summed E-state index contributed by atoms with van der Waals surface area (Å²) in [6.45, 7) is 15.0. The number of hydrogen-bond donors (Lipinski definition) is 2. The number of hydrazine groups is 1. The average molecular weight is 1020 g/mol. The van der Waals surface area contributed by atoms with Crippen molar-refractivity contribution in [3.05, 3.63) is 82.2 Å². The molecule has 8 heterocycles. The number of nitrogens with zero attached hydrogens (tertiary/aromatic N) is 7. The number of benzene rings is 1. The molecule has 1 saturated carbocycles. The van der Waals surface area contributed by atoms with Crippen molar-refractivity contribution in [2.45, 2.75) is 109 Å². The summed E-state index contributed by atoms with van der Waals surface area (Å²) in [4.78, 5) is 63.1. The number of nitrogens with one attached hydrogen (secondary N) is 2. The van der Waals surface area contributed by atoms with Crippen LogP contribution in [0.2, 0.25) is 0 Å². The SMILES string of the molecule is CCO[C@@H]1c2nc(cs2)-c2ccc3c(c2)c(c(-c2cc(N4CCN(C)CC4)cnc2[C@H](C)OC)n3CCOC2CCOCC2)CC(C)(C)COC(=O)[C@@H]2CCCN(N2)C(=O)[C@H]1NC(=O)[C@H]1C[C@@H]1c1ccccn1. The Bertz CT molecular complexity index is 2750. The summed E-state index contributed by atoms with van der Waals surface area (Å²) in [7, 11) is 3.89. The smallest absolute Gasteiger partial charge is 0.324 e. The molecular formula is C55H71N9O8S. The van der Waals surface area contributed by atoms with Crippen molar-refractivity contribution >= 4 is 45.7 Å². The summed E-state index contributed by atoms with van der Waals surface area (Å²) in [6, 6.07) is 12.6. The molecule has 4 aliphatic heterocycles. The minimum atomic E-state index is -1.15. The zero-order chi connectivity index (χ0) is 50.8. The van der Waals surface area contributed by atoms with Crippen molar-refractivity contribution in [1.82, 2.24) is 40.2 Å². The maximum atomic E-state index is 14.9. The predicted octanol–water partition coefficient (Wildman–Crippen LogP) is 6.86. The van der Waals surface area contributed by atoms with E-state index in [0.717, 1.165) is 95.1 Å². The van der Waals surface area contributed by atoms with Crippen molar-refractivity contribution in [1.29, 1.82) is 0 Å². The highest BCUT2D eigenvalue weighted by Gasteiger charge is 2.48. The minimum Gasteiger partial charge on any atom is -0.464 e. The highest BCUT2D eigenvalue weighted by molar-refractivity contribution is 7.10. The van der Waals surface area contributed by atoms with E-state index < -0.39 is 35.5 Å². The molecule has 2 amide bonds. The number of rotatable bonds is 13. The van der Waals surface area contributed by atoms with Crippen molar-refractivity contribution in [3.8, 4) is 22.5 Å². The normalized spacial score (nSPS) is 24.5. The Balaban J connectivity index is 1.10. The number of pyridine rings is 2. The number of fused-ring (bicyclic) bond motifs is 6. The maximum Gasteiger partial charge on any atom is 0.324 e. The molecule has 1 aliphatic carbocycles. The number of amides is 2. The zero-order valence-corrected chi connectivity index (χ0v) is 44.0. The molecule has 17 nitrogen and oxygen atoms in total. The van der Waals surface area contributed by atoms with Crippen LogP contribution in [0.1, 0.15) is 99.9 Å². The van der Waals surface area contributed by atoms with Crippen LogP contribution in [0.25, 0.3) is 33.4 Å². The van der Waals surface area contributed by atoms with Gasteiger partial charge in [-0.05, 0) is 95.3 Å². The molecule has 0 spiro atoms. The van der Waals surface area contributed by atoms with Crippen LogP contribution in [0.3, 0.4) is 0 Å². The Morgan fingerprint density at radius 3 is 2.62 bits per heavy atom. The van der Waals surface area contributed by atoms with Crippen molar-refractivity contribution in [2.24, 2.45) is 11.3 Å². The van der Waals surface area contributed by atoms with Crippen molar-refractivity contribution in [3.63, 3.8) is 0 Å². The third-order valence-corrected chi connectivity index (χ3v) is 16.1. The number of ether oxygens (including phenoxy) is 5. The van der Waals surface area contributed by atoms with Gasteiger partial charge in [0.2, 0.25) is 5.91 Å². The fourth-order valence-electron chi connectivity index (χ4n) is 10.9. The summed E-state index contributed by atoms with van der Waals surface area (Å²) in [5.74, 6) is -1.51. The standard InChI is InChI=1S/C55H71N9O8S/c1-7-70-50-48(59-51(65)40-29-38(40)43-11-8-9-17-56-43)53(66)64-18-10-12-44(60-64)54(67)72-33-55(3,4)30-42-39-27-35(45-32-73-52(50)58-45)13-14-46(39)63(23-26-71-37-15-24-69-25-16-37)49(42)41-28-36(31-57-47(41)34(2)68-6)62-21-19-61(5)20-22-62/h8-9,11,13-14,17,27-28,31-32,34,37-38,40,44,48,50,60H,7,10,12,15-16,18-26,29-30,33H2,1-6H3,(H,59,65)/t34-,38-,40-,44-,48-,50-/m0/s1. The van der Waals surface area contributed by atoms with E-state index in [1.807, 2.05) is 43.6 Å². The first-order valence-corrected chi connectivity index (χ1v) is 27.1. The number of anilines is 1. The van der Waals surface area contributed by atoms with Crippen LogP contribution in [-0.4, -0.2) is 145 Å². The van der Waals surface area contributed by atoms with Crippen LogP contribution < -0.4 is 15.6 Å². The molecule has 10 rings (SSSR count). The Labute approximate surface area is 432 Å². The lowest BCUT2D eigenvalue weighted by Crippen LogP contribution is -2.61. The quantitative estimate of drug-likeness (QED) is 0.117. The van der Waals surface area contributed by atoms with E-state index in [0.29, 0.717) is 63.6 Å². The van der Waals surface area contributed by atoms with Crippen LogP contribution in [0.4, 0.5) is 5.69 Å². The van der Waals surface area contributed by atoms with Crippen LogP contribution >= 0.6 is 11.3 Å². The number of piperazine rings is 1. The van der Waals surface area contributed by atoms with Gasteiger partial charge in [0.05, 0.1) is 54.4 Å². The zero-order valence-electron chi connectivity index (χ0n) is 43.1. The van der Waals surface area contributed by atoms with Gasteiger partial charge in [-0.25, -0.2) is 10.4 Å². The van der Waals surface area contributed by atoms with E-state index in [2.05, 4.69) is 75.3 Å². The van der Waals surface area contributed by atoms with Gasteiger partial charge >= 0.3 is 5.97 Å². The number of cyclic esters (lactones) is 1. The number of aromatic nitrogens is 4. The molecule has 5 aromatic rings. The summed E-state index contributed by atoms with van der Waals surface area (Å²) < 4.78 is 33.5. The van der Waals surface area contributed by atoms with Crippen LogP contribution in [-0.2, 0) is 51.0 Å². The molecule has 18 heteroatoms. The second-order valence-corrected chi connectivity index (χ2v) is 22.0. The molecule has 73 heavy (non-hydrogen) atoms. The Hall–Kier alpha value is -5.34. The van der Waals surface area contributed by atoms with Crippen LogP contribution in [0, 0.1) is 11.3 Å². The maximum absolute atomic E-state index is 14.9. The van der Waals surface area contributed by atoms with E-state index in [9.17, 15) is 14.4 Å². The first kappa shape index (κ1) is 51.2. The van der Waals surface area contributed by atoms with Gasteiger partial charge in [-0.2, -0.15) is 0 Å².